The fourth-order valence-corrected chi connectivity index (χ4v) is 2.45. The smallest absolute Gasteiger partial charge is 0.159 e. The van der Waals surface area contributed by atoms with Gasteiger partial charge in [0, 0.05) is 25.5 Å². The molecular weight excluding hydrogens is 292 g/mol. The molecule has 1 N–H and O–H groups in total. The van der Waals surface area contributed by atoms with E-state index < -0.39 is 0 Å². The van der Waals surface area contributed by atoms with Crippen molar-refractivity contribution in [3.63, 3.8) is 0 Å². The molecule has 2 rings (SSSR count). The zero-order valence-corrected chi connectivity index (χ0v) is 13.9. The predicted octanol–water partition coefficient (Wildman–Crippen LogP) is 4.14. The molecule has 0 atom stereocenters. The van der Waals surface area contributed by atoms with Gasteiger partial charge in [-0.05, 0) is 30.8 Å². The van der Waals surface area contributed by atoms with Gasteiger partial charge in [-0.2, -0.15) is 0 Å². The molecule has 0 unspecified atom stereocenters. The topological polar surface area (TPSA) is 25.0 Å². The van der Waals surface area contributed by atoms with E-state index in [1.807, 2.05) is 18.2 Å². The summed E-state index contributed by atoms with van der Waals surface area (Å²) in [4.78, 5) is 3.14. The van der Waals surface area contributed by atoms with Crippen molar-refractivity contribution in [3.8, 4) is 5.75 Å². The first kappa shape index (κ1) is 13.8. The van der Waals surface area contributed by atoms with Gasteiger partial charge in [-0.3, -0.25) is 0 Å². The summed E-state index contributed by atoms with van der Waals surface area (Å²) in [6, 6.07) is 6.06. The Kier molecular flexibility index (Phi) is 5.60. The molecule has 16 heavy (non-hydrogen) atoms. The summed E-state index contributed by atoms with van der Waals surface area (Å²) >= 11 is 6.68. The number of aromatic nitrogens is 1. The number of hydrogen-bond acceptors (Lipinski definition) is 3. The van der Waals surface area contributed by atoms with Crippen LogP contribution in [0.1, 0.15) is 19.8 Å². The van der Waals surface area contributed by atoms with E-state index in [4.69, 9.17) is 17.0 Å². The normalized spacial score (nSPS) is 10.1. The Morgan fingerprint density at radius 3 is 3.00 bits per heavy atom. The van der Waals surface area contributed by atoms with Gasteiger partial charge in [0.2, 0.25) is 0 Å². The number of hydrogen-bond donors (Lipinski definition) is 1. The number of benzene rings is 1. The van der Waals surface area contributed by atoms with Gasteiger partial charge in [0.25, 0.3) is 0 Å². The van der Waals surface area contributed by atoms with Crippen molar-refractivity contribution in [2.24, 2.45) is 0 Å². The molecule has 0 radical (unpaired) electrons. The van der Waals surface area contributed by atoms with Gasteiger partial charge in [0.15, 0.2) is 3.95 Å². The Labute approximate surface area is 117 Å². The van der Waals surface area contributed by atoms with Crippen LogP contribution in [-0.2, 0) is 19.5 Å². The van der Waals surface area contributed by atoms with Gasteiger partial charge in [-0.25, -0.2) is 0 Å². The van der Waals surface area contributed by atoms with Crippen LogP contribution in [0, 0.1) is 3.95 Å². The molecule has 1 aromatic heterocycles. The summed E-state index contributed by atoms with van der Waals surface area (Å²) in [7, 11) is 0. The number of nitrogens with one attached hydrogen (secondary N) is 1. The number of fused-ring (bicyclic) bond motifs is 1. The minimum absolute atomic E-state index is 0. The van der Waals surface area contributed by atoms with E-state index in [0.29, 0.717) is 0 Å². The molecule has 0 bridgehead atoms. The Bertz CT molecular complexity index is 506. The third kappa shape index (κ3) is 3.37. The number of aromatic amines is 1. The van der Waals surface area contributed by atoms with Crippen LogP contribution in [0.25, 0.3) is 10.2 Å². The quantitative estimate of drug-likeness (QED) is 0.522. The van der Waals surface area contributed by atoms with Gasteiger partial charge in [0.05, 0.1) is 16.8 Å². The second-order valence-corrected chi connectivity index (χ2v) is 5.09. The van der Waals surface area contributed by atoms with E-state index in [1.165, 1.54) is 4.70 Å². The van der Waals surface area contributed by atoms with Crippen molar-refractivity contribution in [2.45, 2.75) is 19.8 Å². The van der Waals surface area contributed by atoms with Crippen LogP contribution in [0.3, 0.4) is 0 Å². The van der Waals surface area contributed by atoms with Crippen LogP contribution in [-0.4, -0.2) is 11.6 Å². The molecule has 0 aliphatic rings. The SMILES string of the molecule is CCCCOc1ccc2sc(=S)[nH]c2c1.[Zn]. The minimum Gasteiger partial charge on any atom is -0.494 e. The maximum atomic E-state index is 5.61. The number of unbranched alkanes of at least 4 members (excludes halogenated alkanes) is 1. The maximum absolute atomic E-state index is 5.61. The third-order valence-corrected chi connectivity index (χ3v) is 3.37. The van der Waals surface area contributed by atoms with Gasteiger partial charge in [-0.15, -0.1) is 11.3 Å². The van der Waals surface area contributed by atoms with Crippen LogP contribution in [0.4, 0.5) is 0 Å². The number of ether oxygens (including phenoxy) is 1. The monoisotopic (exact) mass is 303 g/mol. The van der Waals surface area contributed by atoms with Gasteiger partial charge < -0.3 is 9.72 Å². The Morgan fingerprint density at radius 1 is 1.44 bits per heavy atom. The average molecular weight is 305 g/mol. The second kappa shape index (κ2) is 6.48. The largest absolute Gasteiger partial charge is 0.494 e. The summed E-state index contributed by atoms with van der Waals surface area (Å²) in [5.41, 5.74) is 1.07. The standard InChI is InChI=1S/C11H13NOS2.Zn/c1-2-3-6-13-8-4-5-10-9(7-8)12-11(14)15-10;/h4-5,7H,2-3,6H2,1H3,(H,12,14);. The fraction of sp³-hybridized carbons (Fsp3) is 0.364. The summed E-state index contributed by atoms with van der Waals surface area (Å²) in [6.45, 7) is 2.94. The Balaban J connectivity index is 0.00000128. The zero-order valence-electron chi connectivity index (χ0n) is 9.29. The molecule has 0 amide bonds. The van der Waals surface area contributed by atoms with Crippen LogP contribution in [0.15, 0.2) is 18.2 Å². The summed E-state index contributed by atoms with van der Waals surface area (Å²) in [5.74, 6) is 0.917. The molecule has 0 spiro atoms. The van der Waals surface area contributed by atoms with Crippen molar-refractivity contribution >= 4 is 33.8 Å². The third-order valence-electron chi connectivity index (χ3n) is 2.16. The van der Waals surface area contributed by atoms with Gasteiger partial charge in [0.1, 0.15) is 5.75 Å². The maximum Gasteiger partial charge on any atom is 0.159 e. The first-order valence-electron chi connectivity index (χ1n) is 5.05. The molecule has 0 aliphatic carbocycles. The van der Waals surface area contributed by atoms with Crippen molar-refractivity contribution in [1.82, 2.24) is 4.98 Å². The number of rotatable bonds is 4. The first-order valence-corrected chi connectivity index (χ1v) is 6.28. The molecule has 2 aromatic rings. The van der Waals surface area contributed by atoms with Crippen LogP contribution >= 0.6 is 23.6 Å². The number of thiazole rings is 1. The van der Waals surface area contributed by atoms with Crippen molar-refractivity contribution in [1.29, 1.82) is 0 Å². The molecule has 1 aromatic carbocycles. The van der Waals surface area contributed by atoms with Gasteiger partial charge >= 0.3 is 0 Å². The minimum atomic E-state index is 0. The predicted molar refractivity (Wildman–Crippen MR) is 67.4 cm³/mol. The molecule has 82 valence electrons. The molecule has 0 saturated heterocycles. The molecule has 0 fully saturated rings. The van der Waals surface area contributed by atoms with Gasteiger partial charge in [-0.1, -0.05) is 13.3 Å². The average Bonchev–Trinajstić information content (AvgIpc) is 2.57. The molecule has 2 nitrogen and oxygen atoms in total. The van der Waals surface area contributed by atoms with Crippen LogP contribution in [0.5, 0.6) is 5.75 Å². The van der Waals surface area contributed by atoms with E-state index in [9.17, 15) is 0 Å². The molecular formula is C11H13NOS2Zn. The van der Waals surface area contributed by atoms with E-state index in [1.54, 1.807) is 11.3 Å². The van der Waals surface area contributed by atoms with Crippen LogP contribution in [0.2, 0.25) is 0 Å². The second-order valence-electron chi connectivity index (χ2n) is 3.37. The molecule has 0 aliphatic heterocycles. The summed E-state index contributed by atoms with van der Waals surface area (Å²) < 4.78 is 7.61. The summed E-state index contributed by atoms with van der Waals surface area (Å²) in [5, 5.41) is 0. The molecule has 1 heterocycles. The molecule has 5 heteroatoms. The van der Waals surface area contributed by atoms with E-state index in [2.05, 4.69) is 11.9 Å². The zero-order chi connectivity index (χ0) is 10.7. The van der Waals surface area contributed by atoms with Crippen LogP contribution < -0.4 is 4.74 Å². The van der Waals surface area contributed by atoms with Crippen molar-refractivity contribution < 1.29 is 24.2 Å². The van der Waals surface area contributed by atoms with E-state index >= 15 is 0 Å². The van der Waals surface area contributed by atoms with E-state index in [-0.39, 0.29) is 19.5 Å². The fourth-order valence-electron chi connectivity index (χ4n) is 1.36. The van der Waals surface area contributed by atoms with Crippen molar-refractivity contribution in [3.05, 3.63) is 22.2 Å². The first-order chi connectivity index (χ1) is 7.29. The van der Waals surface area contributed by atoms with Crippen molar-refractivity contribution in [2.75, 3.05) is 6.61 Å². The Hall–Kier alpha value is -0.247. The number of H-pyrrole nitrogens is 1. The summed E-state index contributed by atoms with van der Waals surface area (Å²) in [6.07, 6.45) is 2.25. The van der Waals surface area contributed by atoms with E-state index in [0.717, 1.165) is 34.7 Å². The Morgan fingerprint density at radius 2 is 2.25 bits per heavy atom. The molecule has 0 saturated carbocycles.